The molecule has 11 heteroatoms. The molecule has 2 fully saturated rings. The highest BCUT2D eigenvalue weighted by Gasteiger charge is 2.52. The standard InChI is InChI=1S/C21H27N7O3S/c1-12-9-16(24-14(3)23-12)11-28-18(30)21(26-20(28)31)5-7-27(8-6-21)13(2)17-10-22-19(32-17)25-15(4)29/h9-10,13H,5-8,11H2,1-4H3,(H,26,31)(H,22,25,29). The van der Waals surface area contributed by atoms with Crippen LogP contribution in [0.25, 0.3) is 0 Å². The lowest BCUT2D eigenvalue weighted by atomic mass is 9.87. The topological polar surface area (TPSA) is 120 Å². The number of amides is 4. The van der Waals surface area contributed by atoms with Crippen LogP contribution < -0.4 is 10.6 Å². The number of likely N-dealkylation sites (tertiary alicyclic amines) is 1. The van der Waals surface area contributed by atoms with Crippen LogP contribution in [0.5, 0.6) is 0 Å². The highest BCUT2D eigenvalue weighted by atomic mass is 32.1. The molecule has 0 saturated carbocycles. The Hall–Kier alpha value is -2.92. The van der Waals surface area contributed by atoms with Gasteiger partial charge in [0.15, 0.2) is 5.13 Å². The monoisotopic (exact) mass is 457 g/mol. The number of piperidine rings is 1. The van der Waals surface area contributed by atoms with Gasteiger partial charge in [0.1, 0.15) is 11.4 Å². The van der Waals surface area contributed by atoms with Crippen molar-refractivity contribution >= 4 is 34.3 Å². The summed E-state index contributed by atoms with van der Waals surface area (Å²) in [5, 5.41) is 6.24. The van der Waals surface area contributed by atoms with Gasteiger partial charge >= 0.3 is 6.03 Å². The molecule has 32 heavy (non-hydrogen) atoms. The van der Waals surface area contributed by atoms with Crippen LogP contribution in [0.2, 0.25) is 0 Å². The van der Waals surface area contributed by atoms with Crippen molar-refractivity contribution in [2.75, 3.05) is 18.4 Å². The minimum atomic E-state index is -0.862. The van der Waals surface area contributed by atoms with Crippen LogP contribution in [-0.2, 0) is 16.1 Å². The fourth-order valence-electron chi connectivity index (χ4n) is 4.36. The summed E-state index contributed by atoms with van der Waals surface area (Å²) >= 11 is 1.45. The number of aryl methyl sites for hydroxylation is 2. The Morgan fingerprint density at radius 1 is 1.28 bits per heavy atom. The summed E-state index contributed by atoms with van der Waals surface area (Å²) in [6.07, 6.45) is 2.86. The summed E-state index contributed by atoms with van der Waals surface area (Å²) in [4.78, 5) is 54.6. The smallest absolute Gasteiger partial charge is 0.323 e. The number of hydrogen-bond donors (Lipinski definition) is 2. The molecular formula is C21H27N7O3S. The fraction of sp³-hybridized carbons (Fsp3) is 0.524. The van der Waals surface area contributed by atoms with Gasteiger partial charge < -0.3 is 10.6 Å². The predicted molar refractivity (Wildman–Crippen MR) is 119 cm³/mol. The number of thiazole rings is 1. The van der Waals surface area contributed by atoms with E-state index in [4.69, 9.17) is 0 Å². The van der Waals surface area contributed by atoms with E-state index in [0.717, 1.165) is 10.6 Å². The Labute approximate surface area is 190 Å². The third-order valence-corrected chi connectivity index (χ3v) is 7.09. The number of carbonyl (C=O) groups excluding carboxylic acids is 3. The molecule has 0 radical (unpaired) electrons. The van der Waals surface area contributed by atoms with Crippen LogP contribution in [0.1, 0.15) is 54.8 Å². The predicted octanol–water partition coefficient (Wildman–Crippen LogP) is 2.16. The maximum Gasteiger partial charge on any atom is 0.325 e. The average Bonchev–Trinajstić information content (AvgIpc) is 3.26. The first-order valence-electron chi connectivity index (χ1n) is 10.6. The summed E-state index contributed by atoms with van der Waals surface area (Å²) in [5.74, 6) is 0.286. The molecular weight excluding hydrogens is 430 g/mol. The van der Waals surface area contributed by atoms with Crippen molar-refractivity contribution in [3.63, 3.8) is 0 Å². The first-order valence-corrected chi connectivity index (χ1v) is 11.4. The zero-order chi connectivity index (χ0) is 23.0. The van der Waals surface area contributed by atoms with Crippen LogP contribution in [0.3, 0.4) is 0 Å². The van der Waals surface area contributed by atoms with Gasteiger partial charge in [-0.25, -0.2) is 19.7 Å². The molecule has 2 N–H and O–H groups in total. The van der Waals surface area contributed by atoms with Crippen LogP contribution in [0.4, 0.5) is 9.93 Å². The van der Waals surface area contributed by atoms with Crippen molar-refractivity contribution in [1.82, 2.24) is 30.1 Å². The molecule has 170 valence electrons. The van der Waals surface area contributed by atoms with E-state index in [2.05, 4.69) is 37.4 Å². The maximum absolute atomic E-state index is 13.3. The Bertz CT molecular complexity index is 1040. The maximum atomic E-state index is 13.3. The van der Waals surface area contributed by atoms with E-state index < -0.39 is 5.54 Å². The first kappa shape index (κ1) is 22.3. The normalized spacial score (nSPS) is 19.3. The number of rotatable bonds is 5. The third kappa shape index (κ3) is 4.35. The number of carbonyl (C=O) groups is 3. The van der Waals surface area contributed by atoms with Gasteiger partial charge in [0.05, 0.1) is 12.2 Å². The number of urea groups is 1. The molecule has 0 aromatic carbocycles. The molecule has 4 heterocycles. The highest BCUT2D eigenvalue weighted by molar-refractivity contribution is 7.15. The van der Waals surface area contributed by atoms with Crippen molar-refractivity contribution in [2.45, 2.75) is 58.7 Å². The van der Waals surface area contributed by atoms with E-state index in [9.17, 15) is 14.4 Å². The Kier molecular flexibility index (Phi) is 5.95. The van der Waals surface area contributed by atoms with Crippen molar-refractivity contribution in [2.24, 2.45) is 0 Å². The van der Waals surface area contributed by atoms with Gasteiger partial charge in [-0.1, -0.05) is 0 Å². The van der Waals surface area contributed by atoms with Crippen molar-refractivity contribution in [3.8, 4) is 0 Å². The van der Waals surface area contributed by atoms with Gasteiger partial charge in [0, 0.05) is 42.8 Å². The molecule has 1 atom stereocenters. The Balaban J connectivity index is 1.41. The van der Waals surface area contributed by atoms with Crippen molar-refractivity contribution in [3.05, 3.63) is 34.4 Å². The van der Waals surface area contributed by atoms with Crippen LogP contribution in [0.15, 0.2) is 12.3 Å². The minimum absolute atomic E-state index is 0.0997. The van der Waals surface area contributed by atoms with Gasteiger partial charge in [-0.05, 0) is 39.7 Å². The molecule has 0 bridgehead atoms. The summed E-state index contributed by atoms with van der Waals surface area (Å²) in [6.45, 7) is 8.68. The Morgan fingerprint density at radius 3 is 2.66 bits per heavy atom. The van der Waals surface area contributed by atoms with Crippen LogP contribution in [-0.4, -0.2) is 61.2 Å². The second-order valence-electron chi connectivity index (χ2n) is 8.41. The molecule has 1 unspecified atom stereocenters. The van der Waals surface area contributed by atoms with Gasteiger partial charge in [-0.3, -0.25) is 19.4 Å². The summed E-state index contributed by atoms with van der Waals surface area (Å²) in [6, 6.07) is 1.53. The van der Waals surface area contributed by atoms with Crippen molar-refractivity contribution < 1.29 is 14.4 Å². The second-order valence-corrected chi connectivity index (χ2v) is 9.47. The largest absolute Gasteiger partial charge is 0.325 e. The van der Waals surface area contributed by atoms with E-state index in [0.29, 0.717) is 42.6 Å². The minimum Gasteiger partial charge on any atom is -0.323 e. The third-order valence-electron chi connectivity index (χ3n) is 6.00. The van der Waals surface area contributed by atoms with Gasteiger partial charge in [-0.15, -0.1) is 11.3 Å². The summed E-state index contributed by atoms with van der Waals surface area (Å²) in [5.41, 5.74) is 0.600. The average molecular weight is 458 g/mol. The molecule has 0 aliphatic carbocycles. The van der Waals surface area contributed by atoms with Crippen molar-refractivity contribution in [1.29, 1.82) is 0 Å². The van der Waals surface area contributed by atoms with Gasteiger partial charge in [0.2, 0.25) is 5.91 Å². The first-order chi connectivity index (χ1) is 15.2. The van der Waals surface area contributed by atoms with E-state index in [-0.39, 0.29) is 30.4 Å². The second kappa shape index (κ2) is 8.55. The lowest BCUT2D eigenvalue weighted by molar-refractivity contribution is -0.133. The SMILES string of the molecule is CC(=O)Nc1ncc(C(C)N2CCC3(CC2)NC(=O)N(Cc2cc(C)nc(C)n2)C3=O)s1. The zero-order valence-corrected chi connectivity index (χ0v) is 19.5. The zero-order valence-electron chi connectivity index (χ0n) is 18.6. The van der Waals surface area contributed by atoms with E-state index in [1.807, 2.05) is 6.92 Å². The number of anilines is 1. The molecule has 2 aliphatic heterocycles. The molecule has 2 aliphatic rings. The lowest BCUT2D eigenvalue weighted by Gasteiger charge is -2.39. The van der Waals surface area contributed by atoms with E-state index in [1.54, 1.807) is 19.2 Å². The Morgan fingerprint density at radius 2 is 2.00 bits per heavy atom. The number of nitrogens with zero attached hydrogens (tertiary/aromatic N) is 5. The fourth-order valence-corrected chi connectivity index (χ4v) is 5.30. The summed E-state index contributed by atoms with van der Waals surface area (Å²) in [7, 11) is 0. The molecule has 2 aromatic rings. The molecule has 2 aromatic heterocycles. The highest BCUT2D eigenvalue weighted by Crippen LogP contribution is 2.35. The van der Waals surface area contributed by atoms with E-state index >= 15 is 0 Å². The number of hydrogen-bond acceptors (Lipinski definition) is 8. The van der Waals surface area contributed by atoms with Crippen LogP contribution in [0, 0.1) is 13.8 Å². The van der Waals surface area contributed by atoms with Crippen LogP contribution >= 0.6 is 11.3 Å². The number of aromatic nitrogens is 3. The quantitative estimate of drug-likeness (QED) is 0.660. The molecule has 1 spiro atoms. The number of imide groups is 1. The molecule has 4 amide bonds. The number of nitrogens with one attached hydrogen (secondary N) is 2. The van der Waals surface area contributed by atoms with E-state index in [1.165, 1.54) is 23.2 Å². The van der Waals surface area contributed by atoms with Gasteiger partial charge in [0.25, 0.3) is 5.91 Å². The van der Waals surface area contributed by atoms with Gasteiger partial charge in [-0.2, -0.15) is 0 Å². The molecule has 4 rings (SSSR count). The molecule has 2 saturated heterocycles. The lowest BCUT2D eigenvalue weighted by Crippen LogP contribution is -2.55. The molecule has 10 nitrogen and oxygen atoms in total. The summed E-state index contributed by atoms with van der Waals surface area (Å²) < 4.78 is 0.